The van der Waals surface area contributed by atoms with Crippen molar-refractivity contribution in [3.63, 3.8) is 0 Å². The number of hydrogen-bond acceptors (Lipinski definition) is 4. The third kappa shape index (κ3) is 2.13. The maximum atomic E-state index is 11.5. The SMILES string of the molecule is NC(=O)OC1Cc2nc(Br)ccc2NC1=O. The van der Waals surface area contributed by atoms with E-state index in [-0.39, 0.29) is 6.42 Å². The van der Waals surface area contributed by atoms with Gasteiger partial charge in [0, 0.05) is 6.42 Å². The van der Waals surface area contributed by atoms with Crippen LogP contribution in [0.1, 0.15) is 5.69 Å². The van der Waals surface area contributed by atoms with E-state index < -0.39 is 18.1 Å². The summed E-state index contributed by atoms with van der Waals surface area (Å²) in [6.45, 7) is 0. The molecule has 0 aliphatic carbocycles. The number of anilines is 1. The van der Waals surface area contributed by atoms with Gasteiger partial charge in [-0.3, -0.25) is 4.79 Å². The molecule has 0 aromatic carbocycles. The van der Waals surface area contributed by atoms with Crippen molar-refractivity contribution in [1.29, 1.82) is 0 Å². The van der Waals surface area contributed by atoms with Gasteiger partial charge in [0.25, 0.3) is 5.91 Å². The zero-order valence-electron chi connectivity index (χ0n) is 8.07. The van der Waals surface area contributed by atoms with E-state index in [2.05, 4.69) is 31.0 Å². The van der Waals surface area contributed by atoms with Crippen LogP contribution < -0.4 is 11.1 Å². The number of aromatic nitrogens is 1. The van der Waals surface area contributed by atoms with Gasteiger partial charge < -0.3 is 15.8 Å². The van der Waals surface area contributed by atoms with Crippen LogP contribution in [-0.4, -0.2) is 23.1 Å². The molecule has 0 bridgehead atoms. The molecule has 84 valence electrons. The number of hydrogen-bond donors (Lipinski definition) is 2. The minimum Gasteiger partial charge on any atom is -0.436 e. The zero-order valence-corrected chi connectivity index (χ0v) is 9.65. The zero-order chi connectivity index (χ0) is 11.7. The highest BCUT2D eigenvalue weighted by Crippen LogP contribution is 2.23. The summed E-state index contributed by atoms with van der Waals surface area (Å²) in [6.07, 6.45) is -1.66. The number of pyridine rings is 1. The van der Waals surface area contributed by atoms with Crippen molar-refractivity contribution in [3.8, 4) is 0 Å². The summed E-state index contributed by atoms with van der Waals surface area (Å²) in [5, 5.41) is 2.59. The highest BCUT2D eigenvalue weighted by Gasteiger charge is 2.29. The molecule has 1 aliphatic heterocycles. The molecule has 16 heavy (non-hydrogen) atoms. The van der Waals surface area contributed by atoms with Crippen molar-refractivity contribution >= 4 is 33.6 Å². The summed E-state index contributed by atoms with van der Waals surface area (Å²) >= 11 is 3.22. The molecule has 0 radical (unpaired) electrons. The first-order chi connectivity index (χ1) is 7.56. The first-order valence-electron chi connectivity index (χ1n) is 4.48. The van der Waals surface area contributed by atoms with E-state index >= 15 is 0 Å². The second kappa shape index (κ2) is 4.09. The van der Waals surface area contributed by atoms with Crippen LogP contribution >= 0.6 is 15.9 Å². The standard InChI is InChI=1S/C9H8BrN3O3/c10-7-2-1-4-5(12-7)3-6(8(14)13-4)16-9(11)15/h1-2,6H,3H2,(H2,11,15)(H,13,14). The molecular formula is C9H8BrN3O3. The molecule has 1 atom stereocenters. The fourth-order valence-corrected chi connectivity index (χ4v) is 1.81. The van der Waals surface area contributed by atoms with Gasteiger partial charge in [0.05, 0.1) is 11.4 Å². The molecule has 2 heterocycles. The van der Waals surface area contributed by atoms with Gasteiger partial charge in [-0.15, -0.1) is 0 Å². The smallest absolute Gasteiger partial charge is 0.405 e. The number of halogens is 1. The summed E-state index contributed by atoms with van der Waals surface area (Å²) in [4.78, 5) is 26.3. The number of nitrogens with zero attached hydrogens (tertiary/aromatic N) is 1. The topological polar surface area (TPSA) is 94.3 Å². The Bertz CT molecular complexity index is 463. The molecule has 6 nitrogen and oxygen atoms in total. The summed E-state index contributed by atoms with van der Waals surface area (Å²) in [6, 6.07) is 3.44. The molecule has 1 unspecified atom stereocenters. The molecule has 3 N–H and O–H groups in total. The Morgan fingerprint density at radius 2 is 2.38 bits per heavy atom. The van der Waals surface area contributed by atoms with E-state index in [0.29, 0.717) is 16.0 Å². The largest absolute Gasteiger partial charge is 0.436 e. The van der Waals surface area contributed by atoms with Gasteiger partial charge in [0.15, 0.2) is 6.10 Å². The Kier molecular flexibility index (Phi) is 2.78. The van der Waals surface area contributed by atoms with Crippen molar-refractivity contribution in [2.75, 3.05) is 5.32 Å². The molecular weight excluding hydrogens is 278 g/mol. The van der Waals surface area contributed by atoms with E-state index in [4.69, 9.17) is 5.73 Å². The van der Waals surface area contributed by atoms with Gasteiger partial charge in [-0.2, -0.15) is 0 Å². The monoisotopic (exact) mass is 285 g/mol. The number of nitrogens with two attached hydrogens (primary N) is 1. The van der Waals surface area contributed by atoms with Crippen molar-refractivity contribution in [1.82, 2.24) is 4.98 Å². The number of fused-ring (bicyclic) bond motifs is 1. The fourth-order valence-electron chi connectivity index (χ4n) is 1.46. The lowest BCUT2D eigenvalue weighted by Gasteiger charge is -2.22. The van der Waals surface area contributed by atoms with E-state index in [1.54, 1.807) is 12.1 Å². The first kappa shape index (κ1) is 10.9. The number of amides is 2. The lowest BCUT2D eigenvalue weighted by Crippen LogP contribution is -2.39. The predicted molar refractivity (Wildman–Crippen MR) is 58.7 cm³/mol. The predicted octanol–water partition coefficient (Wildman–Crippen LogP) is 0.803. The number of carbonyl (C=O) groups is 2. The van der Waals surface area contributed by atoms with Crippen molar-refractivity contribution in [2.24, 2.45) is 5.73 Å². The number of rotatable bonds is 1. The van der Waals surface area contributed by atoms with Gasteiger partial charge in [-0.25, -0.2) is 9.78 Å². The summed E-state index contributed by atoms with van der Waals surface area (Å²) in [5.41, 5.74) is 6.14. The van der Waals surface area contributed by atoms with Gasteiger partial charge in [-0.05, 0) is 28.1 Å². The number of primary amides is 1. The molecule has 7 heteroatoms. The minimum atomic E-state index is -0.974. The van der Waals surface area contributed by atoms with Crippen LogP contribution in [0.5, 0.6) is 0 Å². The fraction of sp³-hybridized carbons (Fsp3) is 0.222. The molecule has 1 aromatic rings. The lowest BCUT2D eigenvalue weighted by molar-refractivity contribution is -0.124. The van der Waals surface area contributed by atoms with E-state index in [1.165, 1.54) is 0 Å². The number of carbonyl (C=O) groups excluding carboxylic acids is 2. The second-order valence-electron chi connectivity index (χ2n) is 3.25. The average molecular weight is 286 g/mol. The maximum absolute atomic E-state index is 11.5. The number of nitrogens with one attached hydrogen (secondary N) is 1. The summed E-state index contributed by atoms with van der Waals surface area (Å²) < 4.78 is 5.32. The molecule has 1 aliphatic rings. The molecule has 0 saturated heterocycles. The van der Waals surface area contributed by atoms with Crippen LogP contribution in [0.2, 0.25) is 0 Å². The third-order valence-electron chi connectivity index (χ3n) is 2.13. The van der Waals surface area contributed by atoms with Crippen molar-refractivity contribution in [2.45, 2.75) is 12.5 Å². The third-order valence-corrected chi connectivity index (χ3v) is 2.57. The van der Waals surface area contributed by atoms with Crippen LogP contribution in [0.15, 0.2) is 16.7 Å². The Balaban J connectivity index is 2.26. The van der Waals surface area contributed by atoms with E-state index in [9.17, 15) is 9.59 Å². The molecule has 0 spiro atoms. The molecule has 2 rings (SSSR count). The first-order valence-corrected chi connectivity index (χ1v) is 5.28. The Morgan fingerprint density at radius 1 is 1.62 bits per heavy atom. The van der Waals surface area contributed by atoms with E-state index in [0.717, 1.165) is 0 Å². The quantitative estimate of drug-likeness (QED) is 0.747. The van der Waals surface area contributed by atoms with Crippen molar-refractivity contribution in [3.05, 3.63) is 22.4 Å². The average Bonchev–Trinajstić information content (AvgIpc) is 2.19. The van der Waals surface area contributed by atoms with Gasteiger partial charge in [0.1, 0.15) is 4.60 Å². The summed E-state index contributed by atoms with van der Waals surface area (Å²) in [5.74, 6) is -0.393. The molecule has 1 aromatic heterocycles. The van der Waals surface area contributed by atoms with Crippen molar-refractivity contribution < 1.29 is 14.3 Å². The molecule has 0 saturated carbocycles. The van der Waals surface area contributed by atoms with Crippen LogP contribution in [0, 0.1) is 0 Å². The molecule has 2 amide bonds. The maximum Gasteiger partial charge on any atom is 0.405 e. The van der Waals surface area contributed by atoms with Gasteiger partial charge in [-0.1, -0.05) is 0 Å². The van der Waals surface area contributed by atoms with Gasteiger partial charge >= 0.3 is 6.09 Å². The Morgan fingerprint density at radius 3 is 3.06 bits per heavy atom. The van der Waals surface area contributed by atoms with Crippen LogP contribution in [0.4, 0.5) is 10.5 Å². The van der Waals surface area contributed by atoms with Crippen LogP contribution in [-0.2, 0) is 16.0 Å². The normalized spacial score (nSPS) is 18.6. The molecule has 0 fully saturated rings. The van der Waals surface area contributed by atoms with Gasteiger partial charge in [0.2, 0.25) is 0 Å². The van der Waals surface area contributed by atoms with Crippen LogP contribution in [0.3, 0.4) is 0 Å². The number of ether oxygens (including phenoxy) is 1. The van der Waals surface area contributed by atoms with E-state index in [1.807, 2.05) is 0 Å². The Hall–Kier alpha value is -1.63. The van der Waals surface area contributed by atoms with Crippen LogP contribution in [0.25, 0.3) is 0 Å². The Labute approximate surface area is 99.3 Å². The minimum absolute atomic E-state index is 0.226. The highest BCUT2D eigenvalue weighted by molar-refractivity contribution is 9.10. The highest BCUT2D eigenvalue weighted by atomic mass is 79.9. The summed E-state index contributed by atoms with van der Waals surface area (Å²) in [7, 11) is 0. The second-order valence-corrected chi connectivity index (χ2v) is 4.06. The lowest BCUT2D eigenvalue weighted by atomic mass is 10.1.